The van der Waals surface area contributed by atoms with Crippen LogP contribution in [0.3, 0.4) is 0 Å². The molecule has 0 spiro atoms. The van der Waals surface area contributed by atoms with Crippen molar-refractivity contribution in [2.24, 2.45) is 0 Å². The molecule has 0 radical (unpaired) electrons. The Hall–Kier alpha value is -1.03. The fourth-order valence-corrected chi connectivity index (χ4v) is 2.49. The van der Waals surface area contributed by atoms with E-state index < -0.39 is 0 Å². The second kappa shape index (κ2) is 4.69. The summed E-state index contributed by atoms with van der Waals surface area (Å²) in [6.45, 7) is 6.42. The van der Waals surface area contributed by atoms with E-state index in [-0.39, 0.29) is 0 Å². The predicted molar refractivity (Wildman–Crippen MR) is 75.4 cm³/mol. The minimum absolute atomic E-state index is 0.453. The SMILES string of the molecule is CCC(CC)c1nc2cc(C)c(Br)cn2c1N. The quantitative estimate of drug-likeness (QED) is 0.933. The number of hydrogen-bond donors (Lipinski definition) is 1. The van der Waals surface area contributed by atoms with Crippen molar-refractivity contribution in [1.29, 1.82) is 0 Å². The molecule has 2 aromatic rings. The number of rotatable bonds is 3. The Labute approximate surface area is 110 Å². The zero-order valence-corrected chi connectivity index (χ0v) is 12.1. The fraction of sp³-hybridized carbons (Fsp3) is 0.462. The smallest absolute Gasteiger partial charge is 0.139 e. The summed E-state index contributed by atoms with van der Waals surface area (Å²) in [6, 6.07) is 2.06. The molecule has 2 rings (SSSR count). The number of nitrogens with two attached hydrogens (primary N) is 1. The van der Waals surface area contributed by atoms with Gasteiger partial charge in [0.1, 0.15) is 11.5 Å². The van der Waals surface area contributed by atoms with Gasteiger partial charge in [-0.2, -0.15) is 0 Å². The molecule has 3 nitrogen and oxygen atoms in total. The van der Waals surface area contributed by atoms with E-state index in [9.17, 15) is 0 Å². The van der Waals surface area contributed by atoms with Crippen LogP contribution >= 0.6 is 15.9 Å². The van der Waals surface area contributed by atoms with Gasteiger partial charge in [0.15, 0.2) is 0 Å². The number of pyridine rings is 1. The standard InChI is InChI=1S/C13H18BrN3/c1-4-9(5-2)12-13(15)17-7-10(14)8(3)6-11(17)16-12/h6-7,9H,4-5,15H2,1-3H3. The van der Waals surface area contributed by atoms with Crippen LogP contribution in [-0.2, 0) is 0 Å². The van der Waals surface area contributed by atoms with Gasteiger partial charge in [-0.05, 0) is 47.3 Å². The maximum atomic E-state index is 6.19. The molecule has 2 N–H and O–H groups in total. The molecule has 92 valence electrons. The van der Waals surface area contributed by atoms with Gasteiger partial charge >= 0.3 is 0 Å². The summed E-state index contributed by atoms with van der Waals surface area (Å²) in [6.07, 6.45) is 4.15. The van der Waals surface area contributed by atoms with Crippen LogP contribution in [-0.4, -0.2) is 9.38 Å². The molecule has 0 amide bonds. The first-order valence-electron chi connectivity index (χ1n) is 6.02. The average Bonchev–Trinajstić information content (AvgIpc) is 2.60. The monoisotopic (exact) mass is 295 g/mol. The summed E-state index contributed by atoms with van der Waals surface area (Å²) in [5, 5.41) is 0. The highest BCUT2D eigenvalue weighted by molar-refractivity contribution is 9.10. The molecule has 0 aliphatic heterocycles. The first-order valence-corrected chi connectivity index (χ1v) is 6.81. The molecule has 0 saturated heterocycles. The van der Waals surface area contributed by atoms with Crippen LogP contribution < -0.4 is 5.73 Å². The lowest BCUT2D eigenvalue weighted by Gasteiger charge is -2.09. The molecule has 0 aromatic carbocycles. The number of halogens is 1. The molecular weight excluding hydrogens is 278 g/mol. The molecule has 2 aromatic heterocycles. The molecule has 0 aliphatic rings. The Kier molecular flexibility index (Phi) is 3.43. The summed E-state index contributed by atoms with van der Waals surface area (Å²) in [7, 11) is 0. The molecule has 0 saturated carbocycles. The van der Waals surface area contributed by atoms with Crippen LogP contribution in [0.2, 0.25) is 0 Å². The topological polar surface area (TPSA) is 43.3 Å². The molecule has 0 atom stereocenters. The number of imidazole rings is 1. The highest BCUT2D eigenvalue weighted by Crippen LogP contribution is 2.29. The second-order valence-electron chi connectivity index (χ2n) is 4.43. The van der Waals surface area contributed by atoms with E-state index in [0.717, 1.165) is 34.5 Å². The first-order chi connectivity index (χ1) is 8.08. The Bertz CT molecular complexity index is 541. The van der Waals surface area contributed by atoms with Gasteiger partial charge in [-0.1, -0.05) is 13.8 Å². The van der Waals surface area contributed by atoms with Gasteiger partial charge in [0.2, 0.25) is 0 Å². The lowest BCUT2D eigenvalue weighted by Crippen LogP contribution is -2.01. The molecule has 4 heteroatoms. The number of aryl methyl sites for hydroxylation is 1. The number of anilines is 1. The first kappa shape index (κ1) is 12.4. The summed E-state index contributed by atoms with van der Waals surface area (Å²) >= 11 is 3.53. The van der Waals surface area contributed by atoms with Gasteiger partial charge in [-0.25, -0.2) is 4.98 Å². The van der Waals surface area contributed by atoms with E-state index in [4.69, 9.17) is 5.73 Å². The summed E-state index contributed by atoms with van der Waals surface area (Å²) < 4.78 is 3.02. The molecule has 17 heavy (non-hydrogen) atoms. The zero-order valence-electron chi connectivity index (χ0n) is 10.5. The third-order valence-corrected chi connectivity index (χ3v) is 4.17. The normalized spacial score (nSPS) is 11.6. The van der Waals surface area contributed by atoms with Gasteiger partial charge in [-0.3, -0.25) is 4.40 Å². The van der Waals surface area contributed by atoms with E-state index in [1.165, 1.54) is 5.56 Å². The van der Waals surface area contributed by atoms with Gasteiger partial charge in [-0.15, -0.1) is 0 Å². The van der Waals surface area contributed by atoms with Crippen molar-refractivity contribution in [2.75, 3.05) is 5.73 Å². The number of nitrogen functional groups attached to an aromatic ring is 1. The Morgan fingerprint density at radius 3 is 2.65 bits per heavy atom. The molecule has 0 unspecified atom stereocenters. The summed E-state index contributed by atoms with van der Waals surface area (Å²) in [4.78, 5) is 4.67. The zero-order chi connectivity index (χ0) is 12.6. The van der Waals surface area contributed by atoms with E-state index in [2.05, 4.69) is 47.8 Å². The molecule has 2 heterocycles. The van der Waals surface area contributed by atoms with Crippen LogP contribution in [0.5, 0.6) is 0 Å². The van der Waals surface area contributed by atoms with Gasteiger partial charge < -0.3 is 5.73 Å². The number of fused-ring (bicyclic) bond motifs is 1. The maximum Gasteiger partial charge on any atom is 0.139 e. The van der Waals surface area contributed by atoms with Crippen LogP contribution in [0.1, 0.15) is 43.9 Å². The average molecular weight is 296 g/mol. The van der Waals surface area contributed by atoms with Crippen LogP contribution in [0.4, 0.5) is 5.82 Å². The predicted octanol–water partition coefficient (Wildman–Crippen LogP) is 3.89. The molecular formula is C13H18BrN3. The van der Waals surface area contributed by atoms with Gasteiger partial charge in [0, 0.05) is 16.6 Å². The lowest BCUT2D eigenvalue weighted by molar-refractivity contribution is 0.629. The van der Waals surface area contributed by atoms with Crippen molar-refractivity contribution in [3.05, 3.63) is 28.0 Å². The Morgan fingerprint density at radius 2 is 2.06 bits per heavy atom. The lowest BCUT2D eigenvalue weighted by atomic mass is 10.00. The Morgan fingerprint density at radius 1 is 1.41 bits per heavy atom. The van der Waals surface area contributed by atoms with Crippen LogP contribution in [0.15, 0.2) is 16.7 Å². The van der Waals surface area contributed by atoms with Crippen molar-refractivity contribution >= 4 is 27.4 Å². The van der Waals surface area contributed by atoms with E-state index >= 15 is 0 Å². The third kappa shape index (κ3) is 2.06. The minimum atomic E-state index is 0.453. The minimum Gasteiger partial charge on any atom is -0.383 e. The summed E-state index contributed by atoms with van der Waals surface area (Å²) in [5.74, 6) is 1.23. The van der Waals surface area contributed by atoms with Crippen LogP contribution in [0.25, 0.3) is 5.65 Å². The van der Waals surface area contributed by atoms with E-state index in [1.54, 1.807) is 0 Å². The highest BCUT2D eigenvalue weighted by Gasteiger charge is 2.17. The van der Waals surface area contributed by atoms with Crippen molar-refractivity contribution in [3.63, 3.8) is 0 Å². The second-order valence-corrected chi connectivity index (χ2v) is 5.28. The highest BCUT2D eigenvalue weighted by atomic mass is 79.9. The molecule has 0 aliphatic carbocycles. The maximum absolute atomic E-state index is 6.19. The van der Waals surface area contributed by atoms with Crippen molar-refractivity contribution < 1.29 is 0 Å². The number of aromatic nitrogens is 2. The third-order valence-electron chi connectivity index (χ3n) is 3.34. The number of nitrogens with zero attached hydrogens (tertiary/aromatic N) is 2. The van der Waals surface area contributed by atoms with Crippen LogP contribution in [0, 0.1) is 6.92 Å². The molecule has 0 bridgehead atoms. The summed E-state index contributed by atoms with van der Waals surface area (Å²) in [5.41, 5.74) is 9.34. The van der Waals surface area contributed by atoms with Gasteiger partial charge in [0.25, 0.3) is 0 Å². The Balaban J connectivity index is 2.64. The molecule has 0 fully saturated rings. The van der Waals surface area contributed by atoms with Crippen molar-refractivity contribution in [2.45, 2.75) is 39.5 Å². The van der Waals surface area contributed by atoms with E-state index in [1.807, 2.05) is 10.6 Å². The van der Waals surface area contributed by atoms with E-state index in [0.29, 0.717) is 5.92 Å². The van der Waals surface area contributed by atoms with Crippen molar-refractivity contribution in [3.8, 4) is 0 Å². The largest absolute Gasteiger partial charge is 0.383 e. The fourth-order valence-electron chi connectivity index (χ4n) is 2.17. The number of hydrogen-bond acceptors (Lipinski definition) is 2. The van der Waals surface area contributed by atoms with Gasteiger partial charge in [0.05, 0.1) is 5.69 Å². The van der Waals surface area contributed by atoms with Crippen molar-refractivity contribution in [1.82, 2.24) is 9.38 Å².